The maximum absolute atomic E-state index is 11.3. The lowest BCUT2D eigenvalue weighted by molar-refractivity contribution is -0.123. The topological polar surface area (TPSA) is 17.1 Å². The number of ketones is 1. The summed E-state index contributed by atoms with van der Waals surface area (Å²) in [7, 11) is 0. The molecule has 0 N–H and O–H groups in total. The lowest BCUT2D eigenvalue weighted by Gasteiger charge is -2.42. The molecule has 2 aliphatic rings. The number of carbonyl (C=O) groups is 1. The van der Waals surface area contributed by atoms with Gasteiger partial charge in [0.2, 0.25) is 0 Å². The molecule has 0 aromatic rings. The van der Waals surface area contributed by atoms with E-state index in [1.807, 2.05) is 0 Å². The Balaban J connectivity index is 1.72. The van der Waals surface area contributed by atoms with E-state index < -0.39 is 0 Å². The van der Waals surface area contributed by atoms with Gasteiger partial charge in [0.1, 0.15) is 5.78 Å². The smallest absolute Gasteiger partial charge is 0.132 e. The van der Waals surface area contributed by atoms with Gasteiger partial charge in [0.15, 0.2) is 0 Å². The summed E-state index contributed by atoms with van der Waals surface area (Å²) in [4.78, 5) is 11.3. The van der Waals surface area contributed by atoms with Crippen molar-refractivity contribution in [1.29, 1.82) is 0 Å². The van der Waals surface area contributed by atoms with E-state index in [0.717, 1.165) is 18.8 Å². The highest BCUT2D eigenvalue weighted by Gasteiger charge is 2.37. The first-order valence-corrected chi connectivity index (χ1v) is 7.76. The second-order valence-electron chi connectivity index (χ2n) is 6.48. The fourth-order valence-corrected chi connectivity index (χ4v) is 3.82. The van der Waals surface area contributed by atoms with E-state index in [1.165, 1.54) is 64.2 Å². The summed E-state index contributed by atoms with van der Waals surface area (Å²) >= 11 is 0. The average molecular weight is 236 g/mol. The zero-order valence-electron chi connectivity index (χ0n) is 11.5. The number of rotatable bonds is 4. The third-order valence-corrected chi connectivity index (χ3v) is 5.25. The van der Waals surface area contributed by atoms with Crippen molar-refractivity contribution in [2.45, 2.75) is 84.0 Å². The maximum Gasteiger partial charge on any atom is 0.132 e. The van der Waals surface area contributed by atoms with Gasteiger partial charge in [0, 0.05) is 12.8 Å². The van der Waals surface area contributed by atoms with E-state index in [4.69, 9.17) is 0 Å². The molecular formula is C16H28O. The SMILES string of the molecule is CCCCCC1CCC2(CCC(=O)CC2)CC1. The molecule has 0 bridgehead atoms. The molecule has 0 aromatic carbocycles. The van der Waals surface area contributed by atoms with E-state index in [-0.39, 0.29) is 0 Å². The van der Waals surface area contributed by atoms with Gasteiger partial charge >= 0.3 is 0 Å². The molecule has 0 amide bonds. The summed E-state index contributed by atoms with van der Waals surface area (Å²) in [6.07, 6.45) is 15.5. The van der Waals surface area contributed by atoms with Crippen LogP contribution in [0.4, 0.5) is 0 Å². The first kappa shape index (κ1) is 13.1. The Morgan fingerprint density at radius 1 is 1.06 bits per heavy atom. The molecule has 0 saturated heterocycles. The third kappa shape index (κ3) is 3.56. The number of hydrogen-bond acceptors (Lipinski definition) is 1. The Morgan fingerprint density at radius 3 is 2.29 bits per heavy atom. The van der Waals surface area contributed by atoms with Crippen LogP contribution in [0.1, 0.15) is 84.0 Å². The molecule has 98 valence electrons. The largest absolute Gasteiger partial charge is 0.300 e. The fraction of sp³-hybridized carbons (Fsp3) is 0.938. The van der Waals surface area contributed by atoms with E-state index in [0.29, 0.717) is 11.2 Å². The molecule has 0 aromatic heterocycles. The van der Waals surface area contributed by atoms with Crippen LogP contribution >= 0.6 is 0 Å². The Kier molecular flexibility index (Phi) is 4.64. The van der Waals surface area contributed by atoms with Crippen molar-refractivity contribution < 1.29 is 4.79 Å². The second kappa shape index (κ2) is 6.02. The first-order chi connectivity index (χ1) is 8.24. The fourth-order valence-electron chi connectivity index (χ4n) is 3.82. The predicted molar refractivity (Wildman–Crippen MR) is 72.0 cm³/mol. The van der Waals surface area contributed by atoms with E-state index in [1.54, 1.807) is 0 Å². The third-order valence-electron chi connectivity index (χ3n) is 5.25. The van der Waals surface area contributed by atoms with E-state index in [9.17, 15) is 4.79 Å². The van der Waals surface area contributed by atoms with Crippen LogP contribution in [-0.4, -0.2) is 5.78 Å². The van der Waals surface area contributed by atoms with Crippen molar-refractivity contribution >= 4 is 5.78 Å². The molecule has 2 fully saturated rings. The molecule has 1 heteroatoms. The molecule has 0 unspecified atom stereocenters. The summed E-state index contributed by atoms with van der Waals surface area (Å²) < 4.78 is 0. The normalized spacial score (nSPS) is 25.4. The van der Waals surface area contributed by atoms with Gasteiger partial charge in [0.05, 0.1) is 0 Å². The Labute approximate surface area is 106 Å². The molecule has 2 saturated carbocycles. The highest BCUT2D eigenvalue weighted by Crippen LogP contribution is 2.48. The van der Waals surface area contributed by atoms with E-state index in [2.05, 4.69) is 6.92 Å². The Bertz CT molecular complexity index is 236. The molecule has 1 nitrogen and oxygen atoms in total. The van der Waals surface area contributed by atoms with Crippen molar-refractivity contribution in [2.24, 2.45) is 11.3 Å². The van der Waals surface area contributed by atoms with Crippen LogP contribution in [0.2, 0.25) is 0 Å². The minimum atomic E-state index is 0.515. The molecule has 0 atom stereocenters. The average Bonchev–Trinajstić information content (AvgIpc) is 2.36. The van der Waals surface area contributed by atoms with Crippen molar-refractivity contribution in [2.75, 3.05) is 0 Å². The minimum absolute atomic E-state index is 0.515. The number of unbranched alkanes of at least 4 members (excludes halogenated alkanes) is 2. The van der Waals surface area contributed by atoms with Gasteiger partial charge in [0.25, 0.3) is 0 Å². The van der Waals surface area contributed by atoms with Crippen LogP contribution in [-0.2, 0) is 4.79 Å². The summed E-state index contributed by atoms with van der Waals surface area (Å²) in [6.45, 7) is 2.29. The monoisotopic (exact) mass is 236 g/mol. The van der Waals surface area contributed by atoms with Gasteiger partial charge < -0.3 is 0 Å². The summed E-state index contributed by atoms with van der Waals surface area (Å²) in [5.41, 5.74) is 0.592. The van der Waals surface area contributed by atoms with Gasteiger partial charge in [-0.3, -0.25) is 4.79 Å². The summed E-state index contributed by atoms with van der Waals surface area (Å²) in [5.74, 6) is 1.52. The Morgan fingerprint density at radius 2 is 1.71 bits per heavy atom. The second-order valence-corrected chi connectivity index (χ2v) is 6.48. The van der Waals surface area contributed by atoms with Gasteiger partial charge in [-0.05, 0) is 49.9 Å². The van der Waals surface area contributed by atoms with Crippen LogP contribution in [0.3, 0.4) is 0 Å². The van der Waals surface area contributed by atoms with Gasteiger partial charge in [-0.25, -0.2) is 0 Å². The molecule has 2 rings (SSSR count). The van der Waals surface area contributed by atoms with E-state index >= 15 is 0 Å². The van der Waals surface area contributed by atoms with Gasteiger partial charge in [-0.1, -0.05) is 32.6 Å². The predicted octanol–water partition coefficient (Wildman–Crippen LogP) is 4.89. The van der Waals surface area contributed by atoms with Gasteiger partial charge in [-0.2, -0.15) is 0 Å². The first-order valence-electron chi connectivity index (χ1n) is 7.76. The van der Waals surface area contributed by atoms with Crippen molar-refractivity contribution in [3.63, 3.8) is 0 Å². The maximum atomic E-state index is 11.3. The molecule has 17 heavy (non-hydrogen) atoms. The number of Topliss-reactive ketones (excluding diaryl/α,β-unsaturated/α-hetero) is 1. The minimum Gasteiger partial charge on any atom is -0.300 e. The van der Waals surface area contributed by atoms with Crippen molar-refractivity contribution in [1.82, 2.24) is 0 Å². The van der Waals surface area contributed by atoms with Crippen LogP contribution in [0, 0.1) is 11.3 Å². The van der Waals surface area contributed by atoms with Crippen molar-refractivity contribution in [3.05, 3.63) is 0 Å². The molecule has 1 spiro atoms. The van der Waals surface area contributed by atoms with Crippen LogP contribution in [0.25, 0.3) is 0 Å². The molecule has 0 radical (unpaired) electrons. The number of carbonyl (C=O) groups excluding carboxylic acids is 1. The van der Waals surface area contributed by atoms with Crippen molar-refractivity contribution in [3.8, 4) is 0 Å². The van der Waals surface area contributed by atoms with Crippen LogP contribution in [0.5, 0.6) is 0 Å². The summed E-state index contributed by atoms with van der Waals surface area (Å²) in [6, 6.07) is 0. The number of hydrogen-bond donors (Lipinski definition) is 0. The molecule has 2 aliphatic carbocycles. The lowest BCUT2D eigenvalue weighted by atomic mass is 9.62. The zero-order valence-corrected chi connectivity index (χ0v) is 11.5. The lowest BCUT2D eigenvalue weighted by Crippen LogP contribution is -2.32. The highest BCUT2D eigenvalue weighted by atomic mass is 16.1. The van der Waals surface area contributed by atoms with Gasteiger partial charge in [-0.15, -0.1) is 0 Å². The van der Waals surface area contributed by atoms with Crippen LogP contribution in [0.15, 0.2) is 0 Å². The standard InChI is InChI=1S/C16H28O/c1-2-3-4-5-14-6-10-16(11-7-14)12-8-15(17)9-13-16/h14H,2-13H2,1H3. The highest BCUT2D eigenvalue weighted by molar-refractivity contribution is 5.79. The quantitative estimate of drug-likeness (QED) is 0.635. The molecular weight excluding hydrogens is 208 g/mol. The molecule has 0 heterocycles. The zero-order chi connectivity index (χ0) is 12.1. The van der Waals surface area contributed by atoms with Crippen LogP contribution < -0.4 is 0 Å². The summed E-state index contributed by atoms with van der Waals surface area (Å²) in [5, 5.41) is 0. The molecule has 0 aliphatic heterocycles. The Hall–Kier alpha value is -0.330.